The Labute approximate surface area is 193 Å². The summed E-state index contributed by atoms with van der Waals surface area (Å²) in [6.45, 7) is 0. The molecule has 7 nitrogen and oxygen atoms in total. The highest BCUT2D eigenvalue weighted by atomic mass is 35.5. The van der Waals surface area contributed by atoms with Crippen LogP contribution in [0.1, 0.15) is 5.76 Å². The number of benzene rings is 2. The number of furan rings is 1. The molecular formula is C20H15Cl2N3O4S2. The molecule has 2 aromatic carbocycles. The van der Waals surface area contributed by atoms with Crippen molar-refractivity contribution in [1.82, 2.24) is 5.32 Å². The third kappa shape index (κ3) is 6.65. The van der Waals surface area contributed by atoms with Crippen LogP contribution in [0, 0.1) is 0 Å². The Morgan fingerprint density at radius 2 is 1.68 bits per heavy atom. The number of hydrogen-bond acceptors (Lipinski definition) is 5. The summed E-state index contributed by atoms with van der Waals surface area (Å²) in [6, 6.07) is 14.1. The molecule has 0 unspecified atom stereocenters. The number of primary sulfonamides is 1. The fourth-order valence-corrected chi connectivity index (χ4v) is 3.76. The van der Waals surface area contributed by atoms with E-state index >= 15 is 0 Å². The minimum atomic E-state index is -3.78. The minimum Gasteiger partial charge on any atom is -0.457 e. The third-order valence-electron chi connectivity index (χ3n) is 3.85. The summed E-state index contributed by atoms with van der Waals surface area (Å²) < 4.78 is 28.2. The summed E-state index contributed by atoms with van der Waals surface area (Å²) in [5, 5.41) is 11.3. The Morgan fingerprint density at radius 3 is 2.29 bits per heavy atom. The zero-order valence-electron chi connectivity index (χ0n) is 15.6. The molecule has 31 heavy (non-hydrogen) atoms. The van der Waals surface area contributed by atoms with Crippen LogP contribution in [0.5, 0.6) is 0 Å². The maximum Gasteiger partial charge on any atom is 0.250 e. The highest BCUT2D eigenvalue weighted by Crippen LogP contribution is 2.28. The number of carbonyl (C=O) groups excluding carboxylic acids is 1. The second-order valence-corrected chi connectivity index (χ2v) is 9.05. The maximum atomic E-state index is 12.1. The molecule has 0 radical (unpaired) electrons. The molecule has 11 heteroatoms. The number of hydrogen-bond donors (Lipinski definition) is 3. The zero-order valence-corrected chi connectivity index (χ0v) is 18.8. The lowest BCUT2D eigenvalue weighted by Gasteiger charge is -2.08. The molecular weight excluding hydrogens is 481 g/mol. The monoisotopic (exact) mass is 495 g/mol. The lowest BCUT2D eigenvalue weighted by molar-refractivity contribution is -0.115. The summed E-state index contributed by atoms with van der Waals surface area (Å²) >= 11 is 17.1. The van der Waals surface area contributed by atoms with Crippen LogP contribution in [0.2, 0.25) is 10.0 Å². The van der Waals surface area contributed by atoms with Gasteiger partial charge in [-0.3, -0.25) is 10.1 Å². The van der Waals surface area contributed by atoms with E-state index in [1.165, 1.54) is 36.4 Å². The van der Waals surface area contributed by atoms with Crippen LogP contribution in [-0.2, 0) is 14.8 Å². The highest BCUT2D eigenvalue weighted by molar-refractivity contribution is 7.89. The number of nitrogens with two attached hydrogens (primary N) is 1. The minimum absolute atomic E-state index is 0.0335. The van der Waals surface area contributed by atoms with Crippen molar-refractivity contribution >= 4 is 68.2 Å². The lowest BCUT2D eigenvalue weighted by atomic mass is 10.2. The van der Waals surface area contributed by atoms with Crippen LogP contribution in [0.3, 0.4) is 0 Å². The predicted octanol–water partition coefficient (Wildman–Crippen LogP) is 4.43. The standard InChI is InChI=1S/C20H15Cl2N3O4S2/c21-13-9-12(10-14(22)11-13)18-7-3-16(29-18)4-8-19(26)25-20(30)24-15-1-5-17(6-2-15)31(23,27)28/h1-11H,(H2,23,27,28)(H2,24,25,26,30)/b8-4+. The second kappa shape index (κ2) is 9.63. The van der Waals surface area contributed by atoms with Crippen LogP contribution < -0.4 is 15.8 Å². The predicted molar refractivity (Wildman–Crippen MR) is 125 cm³/mol. The molecule has 3 aromatic rings. The van der Waals surface area contributed by atoms with E-state index in [0.29, 0.717) is 32.8 Å². The largest absolute Gasteiger partial charge is 0.457 e. The van der Waals surface area contributed by atoms with Gasteiger partial charge in [-0.1, -0.05) is 23.2 Å². The average Bonchev–Trinajstić information content (AvgIpc) is 3.14. The van der Waals surface area contributed by atoms with Crippen LogP contribution in [-0.4, -0.2) is 19.4 Å². The Morgan fingerprint density at radius 1 is 1.03 bits per heavy atom. The molecule has 4 N–H and O–H groups in total. The first kappa shape index (κ1) is 23.0. The van der Waals surface area contributed by atoms with Gasteiger partial charge in [0.05, 0.1) is 4.90 Å². The molecule has 1 aromatic heterocycles. The molecule has 0 fully saturated rings. The molecule has 160 valence electrons. The van der Waals surface area contributed by atoms with Gasteiger partial charge in [0.1, 0.15) is 11.5 Å². The number of nitrogens with one attached hydrogen (secondary N) is 2. The van der Waals surface area contributed by atoms with Crippen molar-refractivity contribution in [3.05, 3.63) is 76.5 Å². The number of rotatable bonds is 5. The number of carbonyl (C=O) groups is 1. The molecule has 0 aliphatic carbocycles. The molecule has 0 atom stereocenters. The van der Waals surface area contributed by atoms with Gasteiger partial charge in [0.2, 0.25) is 15.9 Å². The van der Waals surface area contributed by atoms with E-state index in [0.717, 1.165) is 0 Å². The molecule has 0 aliphatic heterocycles. The van der Waals surface area contributed by atoms with E-state index in [1.807, 2.05) is 0 Å². The van der Waals surface area contributed by atoms with Gasteiger partial charge in [0, 0.05) is 27.4 Å². The first-order chi connectivity index (χ1) is 14.6. The number of anilines is 1. The van der Waals surface area contributed by atoms with Crippen molar-refractivity contribution in [1.29, 1.82) is 0 Å². The van der Waals surface area contributed by atoms with Gasteiger partial charge in [-0.25, -0.2) is 13.6 Å². The Balaban J connectivity index is 1.58. The number of sulfonamides is 1. The van der Waals surface area contributed by atoms with E-state index in [2.05, 4.69) is 10.6 Å². The quantitative estimate of drug-likeness (QED) is 0.356. The molecule has 1 heterocycles. The van der Waals surface area contributed by atoms with E-state index in [9.17, 15) is 13.2 Å². The summed E-state index contributed by atoms with van der Waals surface area (Å²) in [5.41, 5.74) is 1.19. The maximum absolute atomic E-state index is 12.1. The van der Waals surface area contributed by atoms with Crippen molar-refractivity contribution in [2.45, 2.75) is 4.90 Å². The molecule has 0 bridgehead atoms. The van der Waals surface area contributed by atoms with E-state index in [4.69, 9.17) is 45.0 Å². The van der Waals surface area contributed by atoms with Crippen molar-refractivity contribution in [2.24, 2.45) is 5.14 Å². The van der Waals surface area contributed by atoms with Gasteiger partial charge in [-0.2, -0.15) is 0 Å². The van der Waals surface area contributed by atoms with Crippen LogP contribution in [0.15, 0.2) is 70.0 Å². The normalized spacial score (nSPS) is 11.5. The SMILES string of the molecule is NS(=O)(=O)c1ccc(NC(=S)NC(=O)/C=C/c2ccc(-c3cc(Cl)cc(Cl)c3)o2)cc1. The molecule has 0 spiro atoms. The molecule has 1 amide bonds. The first-order valence-electron chi connectivity index (χ1n) is 8.59. The van der Waals surface area contributed by atoms with Gasteiger partial charge < -0.3 is 9.73 Å². The van der Waals surface area contributed by atoms with Crippen LogP contribution >= 0.6 is 35.4 Å². The number of thiocarbonyl (C=S) groups is 1. The van der Waals surface area contributed by atoms with E-state index in [-0.39, 0.29) is 10.0 Å². The average molecular weight is 496 g/mol. The number of amides is 1. The molecule has 0 saturated heterocycles. The Hall–Kier alpha value is -2.69. The van der Waals surface area contributed by atoms with Gasteiger partial charge in [0.15, 0.2) is 5.11 Å². The van der Waals surface area contributed by atoms with Gasteiger partial charge in [-0.15, -0.1) is 0 Å². The lowest BCUT2D eigenvalue weighted by Crippen LogP contribution is -2.32. The Bertz CT molecular complexity index is 1250. The fraction of sp³-hybridized carbons (Fsp3) is 0. The fourth-order valence-electron chi connectivity index (χ4n) is 2.50. The van der Waals surface area contributed by atoms with Crippen LogP contribution in [0.4, 0.5) is 5.69 Å². The molecule has 0 aliphatic rings. The van der Waals surface area contributed by atoms with Crippen LogP contribution in [0.25, 0.3) is 17.4 Å². The second-order valence-electron chi connectivity index (χ2n) is 6.21. The summed E-state index contributed by atoms with van der Waals surface area (Å²) in [4.78, 5) is 12.0. The van der Waals surface area contributed by atoms with E-state index in [1.54, 1.807) is 30.3 Å². The van der Waals surface area contributed by atoms with Gasteiger partial charge in [-0.05, 0) is 72.9 Å². The topological polar surface area (TPSA) is 114 Å². The summed E-state index contributed by atoms with van der Waals surface area (Å²) in [7, 11) is -3.78. The van der Waals surface area contributed by atoms with Gasteiger partial charge in [0.25, 0.3) is 0 Å². The van der Waals surface area contributed by atoms with Crippen molar-refractivity contribution < 1.29 is 17.6 Å². The van der Waals surface area contributed by atoms with Crippen molar-refractivity contribution in [2.75, 3.05) is 5.32 Å². The van der Waals surface area contributed by atoms with E-state index < -0.39 is 15.9 Å². The zero-order chi connectivity index (χ0) is 22.6. The molecule has 0 saturated carbocycles. The highest BCUT2D eigenvalue weighted by Gasteiger charge is 2.09. The van der Waals surface area contributed by atoms with Crippen molar-refractivity contribution in [3.63, 3.8) is 0 Å². The first-order valence-corrected chi connectivity index (χ1v) is 11.3. The Kier molecular flexibility index (Phi) is 7.14. The smallest absolute Gasteiger partial charge is 0.250 e. The summed E-state index contributed by atoms with van der Waals surface area (Å²) in [5.74, 6) is 0.505. The molecule has 3 rings (SSSR count). The third-order valence-corrected chi connectivity index (χ3v) is 5.42. The van der Waals surface area contributed by atoms with Gasteiger partial charge >= 0.3 is 0 Å². The summed E-state index contributed by atoms with van der Waals surface area (Å²) in [6.07, 6.45) is 2.74. The van der Waals surface area contributed by atoms with Crippen molar-refractivity contribution in [3.8, 4) is 11.3 Å². The number of halogens is 2.